The number of nitrogens with one attached hydrogen (secondary N) is 2. The number of amides is 2. The van der Waals surface area contributed by atoms with Crippen LogP contribution in [0.3, 0.4) is 0 Å². The second kappa shape index (κ2) is 10.0. The van der Waals surface area contributed by atoms with Crippen LogP contribution in [0.2, 0.25) is 0 Å². The molecule has 156 valence electrons. The summed E-state index contributed by atoms with van der Waals surface area (Å²) in [6.07, 6.45) is -3.73. The van der Waals surface area contributed by atoms with Gasteiger partial charge in [0.05, 0.1) is 12.0 Å². The van der Waals surface area contributed by atoms with Gasteiger partial charge in [-0.1, -0.05) is 49.7 Å². The summed E-state index contributed by atoms with van der Waals surface area (Å²) in [4.78, 5) is 24.7. The Morgan fingerprint density at radius 3 is 2.38 bits per heavy atom. The maximum atomic E-state index is 13.2. The fourth-order valence-electron chi connectivity index (χ4n) is 2.86. The average Bonchev–Trinajstić information content (AvgIpc) is 2.66. The molecule has 0 aliphatic carbocycles. The molecule has 0 spiro atoms. The van der Waals surface area contributed by atoms with Crippen LogP contribution in [-0.4, -0.2) is 17.9 Å². The molecule has 0 fully saturated rings. The van der Waals surface area contributed by atoms with E-state index in [1.54, 1.807) is 24.3 Å². The molecule has 2 amide bonds. The minimum absolute atomic E-state index is 0.0878. The third-order valence-electron chi connectivity index (χ3n) is 4.27. The fourth-order valence-corrected chi connectivity index (χ4v) is 2.86. The summed E-state index contributed by atoms with van der Waals surface area (Å²) in [5.41, 5.74) is -0.613. The van der Waals surface area contributed by atoms with Gasteiger partial charge in [0, 0.05) is 6.54 Å². The van der Waals surface area contributed by atoms with Gasteiger partial charge in [-0.2, -0.15) is 13.2 Å². The number of alkyl halides is 3. The lowest BCUT2D eigenvalue weighted by Gasteiger charge is -2.19. The first-order chi connectivity index (χ1) is 13.7. The highest BCUT2D eigenvalue weighted by atomic mass is 19.4. The molecule has 0 aliphatic heterocycles. The van der Waals surface area contributed by atoms with E-state index >= 15 is 0 Å². The molecule has 0 bridgehead atoms. The number of rotatable bonds is 8. The summed E-state index contributed by atoms with van der Waals surface area (Å²) in [5, 5.41) is 5.03. The van der Waals surface area contributed by atoms with Gasteiger partial charge in [-0.15, -0.1) is 0 Å². The second-order valence-electron chi connectivity index (χ2n) is 6.59. The van der Waals surface area contributed by atoms with Crippen LogP contribution in [0.1, 0.15) is 36.5 Å². The number of hydrogen-bond donors (Lipinski definition) is 2. The van der Waals surface area contributed by atoms with Crippen molar-refractivity contribution < 1.29 is 27.2 Å². The highest BCUT2D eigenvalue weighted by Gasteiger charge is 2.34. The first kappa shape index (κ1) is 22.4. The fraction of sp³-hybridized carbons (Fsp3) is 0.333. The number of halogens is 4. The Labute approximate surface area is 166 Å². The van der Waals surface area contributed by atoms with E-state index in [4.69, 9.17) is 0 Å². The molecule has 29 heavy (non-hydrogen) atoms. The summed E-state index contributed by atoms with van der Waals surface area (Å²) >= 11 is 0. The number of benzene rings is 2. The Balaban J connectivity index is 2.02. The molecule has 2 aromatic rings. The molecule has 0 heterocycles. The van der Waals surface area contributed by atoms with Gasteiger partial charge < -0.3 is 10.6 Å². The maximum Gasteiger partial charge on any atom is 0.416 e. The Hall–Kier alpha value is -2.90. The third kappa shape index (κ3) is 6.89. The molecule has 0 aromatic heterocycles. The first-order valence-electron chi connectivity index (χ1n) is 9.17. The van der Waals surface area contributed by atoms with Crippen LogP contribution >= 0.6 is 0 Å². The Bertz CT molecular complexity index is 838. The lowest BCUT2D eigenvalue weighted by atomic mass is 10.1. The molecule has 4 nitrogen and oxygen atoms in total. The zero-order chi connectivity index (χ0) is 21.4. The van der Waals surface area contributed by atoms with Crippen molar-refractivity contribution in [1.29, 1.82) is 0 Å². The molecule has 0 saturated heterocycles. The van der Waals surface area contributed by atoms with Gasteiger partial charge in [-0.25, -0.2) is 4.39 Å². The summed E-state index contributed by atoms with van der Waals surface area (Å²) in [6, 6.07) is 10.4. The monoisotopic (exact) mass is 410 g/mol. The Morgan fingerprint density at radius 2 is 1.76 bits per heavy atom. The highest BCUT2D eigenvalue weighted by molar-refractivity contribution is 5.88. The van der Waals surface area contributed by atoms with Gasteiger partial charge in [0.25, 0.3) is 0 Å². The van der Waals surface area contributed by atoms with Crippen molar-refractivity contribution in [3.63, 3.8) is 0 Å². The molecule has 0 radical (unpaired) electrons. The van der Waals surface area contributed by atoms with Crippen molar-refractivity contribution >= 4 is 11.8 Å². The van der Waals surface area contributed by atoms with Crippen LogP contribution in [0.5, 0.6) is 0 Å². The van der Waals surface area contributed by atoms with Crippen LogP contribution in [-0.2, 0) is 28.7 Å². The molecule has 2 rings (SSSR count). The predicted molar refractivity (Wildman–Crippen MR) is 100 cm³/mol. The molecule has 0 saturated carbocycles. The highest BCUT2D eigenvalue weighted by Crippen LogP contribution is 2.32. The number of hydrogen-bond acceptors (Lipinski definition) is 2. The van der Waals surface area contributed by atoms with Crippen LogP contribution in [0.15, 0.2) is 48.5 Å². The van der Waals surface area contributed by atoms with Gasteiger partial charge in [-0.05, 0) is 29.7 Å². The summed E-state index contributed by atoms with van der Waals surface area (Å²) in [6.45, 7) is 1.40. The van der Waals surface area contributed by atoms with Crippen molar-refractivity contribution in [3.05, 3.63) is 71.0 Å². The molecule has 2 N–H and O–H groups in total. The standard InChI is InChI=1S/C21H22F4N2O2/c1-2-6-18(27-19(28)11-14-7-4-3-5-8-14)20(29)26-13-15-9-10-16(22)12-17(15)21(23,24)25/h3-5,7-10,12,18H,2,6,11,13H2,1H3,(H,26,29)(H,27,28). The number of carbonyl (C=O) groups excluding carboxylic acids is 2. The van der Waals surface area contributed by atoms with Crippen LogP contribution in [0.25, 0.3) is 0 Å². The van der Waals surface area contributed by atoms with Crippen LogP contribution in [0, 0.1) is 5.82 Å². The quantitative estimate of drug-likeness (QED) is 0.647. The normalized spacial score (nSPS) is 12.3. The van der Waals surface area contributed by atoms with Gasteiger partial charge in [-0.3, -0.25) is 9.59 Å². The minimum atomic E-state index is -4.74. The van der Waals surface area contributed by atoms with Crippen molar-refractivity contribution in [2.24, 2.45) is 0 Å². The van der Waals surface area contributed by atoms with Gasteiger partial charge in [0.15, 0.2) is 0 Å². The average molecular weight is 410 g/mol. The molecule has 0 aliphatic rings. The second-order valence-corrected chi connectivity index (χ2v) is 6.59. The molecular weight excluding hydrogens is 388 g/mol. The largest absolute Gasteiger partial charge is 0.416 e. The summed E-state index contributed by atoms with van der Waals surface area (Å²) < 4.78 is 52.4. The van der Waals surface area contributed by atoms with Crippen LogP contribution in [0.4, 0.5) is 17.6 Å². The smallest absolute Gasteiger partial charge is 0.350 e. The Morgan fingerprint density at radius 1 is 1.07 bits per heavy atom. The molecule has 1 unspecified atom stereocenters. The van der Waals surface area contributed by atoms with Crippen molar-refractivity contribution in [2.45, 2.75) is 44.9 Å². The van der Waals surface area contributed by atoms with E-state index in [1.807, 2.05) is 13.0 Å². The van der Waals surface area contributed by atoms with E-state index in [0.717, 1.165) is 17.7 Å². The Kier molecular flexibility index (Phi) is 7.75. The van der Waals surface area contributed by atoms with E-state index in [0.29, 0.717) is 18.9 Å². The molecule has 8 heteroatoms. The SMILES string of the molecule is CCCC(NC(=O)Cc1ccccc1)C(=O)NCc1ccc(F)cc1C(F)(F)F. The van der Waals surface area contributed by atoms with E-state index in [2.05, 4.69) is 10.6 Å². The zero-order valence-corrected chi connectivity index (χ0v) is 15.9. The van der Waals surface area contributed by atoms with Gasteiger partial charge >= 0.3 is 6.18 Å². The molecule has 1 atom stereocenters. The van der Waals surface area contributed by atoms with Crippen molar-refractivity contribution in [2.75, 3.05) is 0 Å². The van der Waals surface area contributed by atoms with Crippen molar-refractivity contribution in [3.8, 4) is 0 Å². The maximum absolute atomic E-state index is 13.2. The predicted octanol–water partition coefficient (Wildman–Crippen LogP) is 3.99. The van der Waals surface area contributed by atoms with E-state index in [9.17, 15) is 27.2 Å². The molecular formula is C21H22F4N2O2. The number of carbonyl (C=O) groups is 2. The van der Waals surface area contributed by atoms with E-state index in [1.165, 1.54) is 0 Å². The van der Waals surface area contributed by atoms with Gasteiger partial charge in [0.1, 0.15) is 11.9 Å². The van der Waals surface area contributed by atoms with Crippen LogP contribution < -0.4 is 10.6 Å². The van der Waals surface area contributed by atoms with Crippen molar-refractivity contribution in [1.82, 2.24) is 10.6 Å². The van der Waals surface area contributed by atoms with E-state index in [-0.39, 0.29) is 17.9 Å². The zero-order valence-electron chi connectivity index (χ0n) is 15.9. The minimum Gasteiger partial charge on any atom is -0.350 e. The molecule has 2 aromatic carbocycles. The van der Waals surface area contributed by atoms with E-state index < -0.39 is 36.1 Å². The first-order valence-corrected chi connectivity index (χ1v) is 9.17. The lowest BCUT2D eigenvalue weighted by molar-refractivity contribution is -0.138. The summed E-state index contributed by atoms with van der Waals surface area (Å²) in [7, 11) is 0. The summed E-state index contributed by atoms with van der Waals surface area (Å²) in [5.74, 6) is -1.96. The topological polar surface area (TPSA) is 58.2 Å². The third-order valence-corrected chi connectivity index (χ3v) is 4.27. The lowest BCUT2D eigenvalue weighted by Crippen LogP contribution is -2.47. The van der Waals surface area contributed by atoms with Gasteiger partial charge in [0.2, 0.25) is 11.8 Å².